The molecule has 0 bridgehead atoms. The van der Waals surface area contributed by atoms with Gasteiger partial charge in [-0.15, -0.1) is 0 Å². The highest BCUT2D eigenvalue weighted by molar-refractivity contribution is 7.96. The minimum absolute atomic E-state index is 0.141. The molecule has 1 aliphatic heterocycles. The lowest BCUT2D eigenvalue weighted by atomic mass is 10.1. The number of rotatable bonds is 6. The van der Waals surface area contributed by atoms with Gasteiger partial charge in [0.1, 0.15) is 5.75 Å². The number of ether oxygens (including phenoxy) is 1. The summed E-state index contributed by atoms with van der Waals surface area (Å²) in [4.78, 5) is 0.184. The van der Waals surface area contributed by atoms with Crippen LogP contribution >= 0.6 is 0 Å². The zero-order valence-corrected chi connectivity index (χ0v) is 17.0. The van der Waals surface area contributed by atoms with Gasteiger partial charge in [0.15, 0.2) is 19.7 Å². The number of aryl methyl sites for hydroxylation is 2. The Balaban J connectivity index is 2.44. The van der Waals surface area contributed by atoms with Crippen molar-refractivity contribution in [3.05, 3.63) is 23.3 Å². The molecule has 0 saturated carbocycles. The van der Waals surface area contributed by atoms with Gasteiger partial charge in [-0.2, -0.15) is 0 Å². The molecule has 8 heteroatoms. The van der Waals surface area contributed by atoms with Crippen LogP contribution in [-0.4, -0.2) is 53.3 Å². The summed E-state index contributed by atoms with van der Waals surface area (Å²) in [7, 11) is -5.63. The van der Waals surface area contributed by atoms with Crippen LogP contribution < -0.4 is 10.1 Å². The topological polar surface area (TPSA) is 89.5 Å². The molecule has 1 aromatic carbocycles. The highest BCUT2D eigenvalue weighted by atomic mass is 32.2. The molecule has 142 valence electrons. The zero-order chi connectivity index (χ0) is 19.0. The summed E-state index contributed by atoms with van der Waals surface area (Å²) < 4.78 is 55.8. The molecule has 1 heterocycles. The molecule has 0 aromatic heterocycles. The average Bonchev–Trinajstić information content (AvgIpc) is 2.82. The smallest absolute Gasteiger partial charge is 0.184 e. The Morgan fingerprint density at radius 2 is 1.84 bits per heavy atom. The maximum atomic E-state index is 13.2. The summed E-state index contributed by atoms with van der Waals surface area (Å²) in [6, 6.07) is 2.68. The van der Waals surface area contributed by atoms with Crippen molar-refractivity contribution in [2.75, 3.05) is 25.2 Å². The van der Waals surface area contributed by atoms with Gasteiger partial charge in [0.05, 0.1) is 28.8 Å². The first-order valence-electron chi connectivity index (χ1n) is 8.31. The normalized spacial score (nSPS) is 23.1. The molecule has 0 unspecified atom stereocenters. The van der Waals surface area contributed by atoms with E-state index in [2.05, 4.69) is 5.32 Å². The van der Waals surface area contributed by atoms with Crippen molar-refractivity contribution in [1.82, 2.24) is 5.32 Å². The maximum Gasteiger partial charge on any atom is 0.184 e. The lowest BCUT2D eigenvalue weighted by Gasteiger charge is -2.22. The molecule has 2 rings (SSSR count). The van der Waals surface area contributed by atoms with Gasteiger partial charge in [-0.1, -0.05) is 13.8 Å². The van der Waals surface area contributed by atoms with Gasteiger partial charge in [0.2, 0.25) is 0 Å². The van der Waals surface area contributed by atoms with Gasteiger partial charge >= 0.3 is 0 Å². The van der Waals surface area contributed by atoms with Gasteiger partial charge in [-0.25, -0.2) is 16.8 Å². The Hall–Kier alpha value is -1.12. The van der Waals surface area contributed by atoms with Crippen molar-refractivity contribution in [1.29, 1.82) is 0 Å². The van der Waals surface area contributed by atoms with Crippen LogP contribution in [0.15, 0.2) is 17.0 Å². The molecule has 0 amide bonds. The fourth-order valence-corrected chi connectivity index (χ4v) is 8.18. The van der Waals surface area contributed by atoms with Crippen molar-refractivity contribution in [3.8, 4) is 5.75 Å². The van der Waals surface area contributed by atoms with E-state index < -0.39 is 31.0 Å². The minimum Gasteiger partial charge on any atom is -0.496 e. The fraction of sp³-hybridized carbons (Fsp3) is 0.647. The first-order chi connectivity index (χ1) is 11.5. The number of nitrogens with one attached hydrogen (secondary N) is 1. The van der Waals surface area contributed by atoms with Gasteiger partial charge < -0.3 is 10.1 Å². The van der Waals surface area contributed by atoms with Crippen LogP contribution in [0.3, 0.4) is 0 Å². The second-order valence-corrected chi connectivity index (χ2v) is 11.4. The lowest BCUT2D eigenvalue weighted by molar-refractivity contribution is 0.411. The molecule has 0 spiro atoms. The van der Waals surface area contributed by atoms with E-state index in [1.165, 1.54) is 7.11 Å². The predicted molar refractivity (Wildman–Crippen MR) is 98.7 cm³/mol. The largest absolute Gasteiger partial charge is 0.496 e. The molecular formula is C17H27NO5S2. The third kappa shape index (κ3) is 4.35. The summed E-state index contributed by atoms with van der Waals surface area (Å²) >= 11 is 0. The molecule has 1 aliphatic rings. The van der Waals surface area contributed by atoms with Crippen LogP contribution in [0, 0.1) is 19.8 Å². The van der Waals surface area contributed by atoms with E-state index >= 15 is 0 Å². The molecule has 0 aliphatic carbocycles. The van der Waals surface area contributed by atoms with Gasteiger partial charge in [-0.3, -0.25) is 0 Å². The number of hydrogen-bond donors (Lipinski definition) is 1. The predicted octanol–water partition coefficient (Wildman–Crippen LogP) is 1.50. The monoisotopic (exact) mass is 389 g/mol. The van der Waals surface area contributed by atoms with E-state index in [0.717, 1.165) is 0 Å². The molecule has 1 N–H and O–H groups in total. The van der Waals surface area contributed by atoms with Crippen molar-refractivity contribution in [2.24, 2.45) is 5.92 Å². The standard InChI is InChI=1S/C17H27NO5S2/c1-11(2)8-18-14-9-24(19,20)10-17(14)25(21,22)16-7-12(3)15(23-5)6-13(16)4/h6-7,11,14,17-18H,8-10H2,1-5H3/t14-,17-/m0/s1. The zero-order valence-electron chi connectivity index (χ0n) is 15.4. The first-order valence-corrected chi connectivity index (χ1v) is 11.7. The number of sulfone groups is 2. The molecule has 25 heavy (non-hydrogen) atoms. The van der Waals surface area contributed by atoms with Crippen LogP contribution in [0.4, 0.5) is 0 Å². The van der Waals surface area contributed by atoms with Crippen LogP contribution in [0.5, 0.6) is 5.75 Å². The molecule has 6 nitrogen and oxygen atoms in total. The van der Waals surface area contributed by atoms with Crippen LogP contribution in [0.2, 0.25) is 0 Å². The fourth-order valence-electron chi connectivity index (χ4n) is 3.15. The highest BCUT2D eigenvalue weighted by Crippen LogP contribution is 2.31. The van der Waals surface area contributed by atoms with E-state index in [1.54, 1.807) is 26.0 Å². The summed E-state index contributed by atoms with van der Waals surface area (Å²) in [6.07, 6.45) is 0. The van der Waals surface area contributed by atoms with Crippen molar-refractivity contribution in [2.45, 2.75) is 43.9 Å². The summed E-state index contributed by atoms with van der Waals surface area (Å²) in [5.74, 6) is 0.439. The van der Waals surface area contributed by atoms with Crippen molar-refractivity contribution >= 4 is 19.7 Å². The van der Waals surface area contributed by atoms with E-state index in [-0.39, 0.29) is 16.4 Å². The third-order valence-electron chi connectivity index (χ3n) is 4.49. The SMILES string of the molecule is COc1cc(C)c(S(=O)(=O)[C@H]2CS(=O)(=O)C[C@@H]2NCC(C)C)cc1C. The Morgan fingerprint density at radius 1 is 1.20 bits per heavy atom. The second kappa shape index (κ2) is 7.25. The van der Waals surface area contributed by atoms with Gasteiger partial charge in [0.25, 0.3) is 0 Å². The Morgan fingerprint density at radius 3 is 2.40 bits per heavy atom. The van der Waals surface area contributed by atoms with E-state index in [4.69, 9.17) is 4.74 Å². The van der Waals surface area contributed by atoms with Gasteiger partial charge in [-0.05, 0) is 49.6 Å². The maximum absolute atomic E-state index is 13.2. The Labute approximate surface area is 150 Å². The second-order valence-electron chi connectivity index (χ2n) is 7.16. The highest BCUT2D eigenvalue weighted by Gasteiger charge is 2.46. The molecule has 0 radical (unpaired) electrons. The summed E-state index contributed by atoms with van der Waals surface area (Å²) in [5, 5.41) is 2.17. The number of benzene rings is 1. The number of methoxy groups -OCH3 is 1. The Kier molecular flexibility index (Phi) is 5.85. The van der Waals surface area contributed by atoms with Crippen LogP contribution in [0.1, 0.15) is 25.0 Å². The minimum atomic E-state index is -3.78. The van der Waals surface area contributed by atoms with Crippen molar-refractivity contribution in [3.63, 3.8) is 0 Å². The quantitative estimate of drug-likeness (QED) is 0.793. The van der Waals surface area contributed by atoms with E-state index in [0.29, 0.717) is 29.3 Å². The summed E-state index contributed by atoms with van der Waals surface area (Å²) in [5.41, 5.74) is 1.27. The third-order valence-corrected chi connectivity index (χ3v) is 8.78. The van der Waals surface area contributed by atoms with E-state index in [9.17, 15) is 16.8 Å². The molecule has 1 aromatic rings. The number of hydrogen-bond acceptors (Lipinski definition) is 6. The Bertz CT molecular complexity index is 844. The molecule has 1 fully saturated rings. The molecule has 2 atom stereocenters. The lowest BCUT2D eigenvalue weighted by Crippen LogP contribution is -2.44. The van der Waals surface area contributed by atoms with Gasteiger partial charge in [0, 0.05) is 6.04 Å². The molecular weight excluding hydrogens is 362 g/mol. The van der Waals surface area contributed by atoms with Crippen LogP contribution in [-0.2, 0) is 19.7 Å². The first kappa shape index (κ1) is 20.2. The molecule has 1 saturated heterocycles. The average molecular weight is 390 g/mol. The van der Waals surface area contributed by atoms with Crippen LogP contribution in [0.25, 0.3) is 0 Å². The summed E-state index contributed by atoms with van der Waals surface area (Å²) in [6.45, 7) is 8.05. The van der Waals surface area contributed by atoms with E-state index in [1.807, 2.05) is 13.8 Å². The van der Waals surface area contributed by atoms with Crippen molar-refractivity contribution < 1.29 is 21.6 Å².